The Bertz CT molecular complexity index is 721. The average molecular weight is 410 g/mol. The van der Waals surface area contributed by atoms with E-state index >= 15 is 0 Å². The van der Waals surface area contributed by atoms with Crippen molar-refractivity contribution in [3.63, 3.8) is 0 Å². The Kier molecular flexibility index (Phi) is 8.69. The fourth-order valence-electron chi connectivity index (χ4n) is 2.46. The Balaban J connectivity index is 0.00000625. The van der Waals surface area contributed by atoms with Gasteiger partial charge in [-0.05, 0) is 51.8 Å². The molecule has 4 N–H and O–H groups in total. The van der Waals surface area contributed by atoms with Gasteiger partial charge in [-0.15, -0.1) is 12.4 Å². The second-order valence-electron chi connectivity index (χ2n) is 7.15. The molecule has 9 heteroatoms. The zero-order valence-corrected chi connectivity index (χ0v) is 17.5. The van der Waals surface area contributed by atoms with Crippen LogP contribution in [0.5, 0.6) is 0 Å². The molecule has 1 aromatic carbocycles. The van der Waals surface area contributed by atoms with Crippen LogP contribution < -0.4 is 15.8 Å². The summed E-state index contributed by atoms with van der Waals surface area (Å²) < 4.78 is 41.2. The lowest BCUT2D eigenvalue weighted by molar-refractivity contribution is -0.125. The molecular weight excluding hydrogens is 381 g/mol. The summed E-state index contributed by atoms with van der Waals surface area (Å²) in [5.74, 6) is -1.19. The highest BCUT2D eigenvalue weighted by Crippen LogP contribution is 2.28. The van der Waals surface area contributed by atoms with Gasteiger partial charge in [-0.2, -0.15) is 0 Å². The largest absolute Gasteiger partial charge is 0.329 e. The summed E-state index contributed by atoms with van der Waals surface area (Å²) in [5.41, 5.74) is 4.46. The topological polar surface area (TPSA) is 101 Å². The summed E-state index contributed by atoms with van der Waals surface area (Å²) in [6.45, 7) is 8.88. The lowest BCUT2D eigenvalue weighted by Crippen LogP contribution is -2.42. The average Bonchev–Trinajstić information content (AvgIpc) is 2.49. The van der Waals surface area contributed by atoms with Gasteiger partial charge >= 0.3 is 0 Å². The molecule has 1 aromatic rings. The molecule has 0 radical (unpaired) electrons. The van der Waals surface area contributed by atoms with Crippen LogP contribution >= 0.6 is 12.4 Å². The number of anilines is 1. The molecule has 0 aliphatic carbocycles. The maximum atomic E-state index is 14.1. The molecule has 0 atom stereocenters. The van der Waals surface area contributed by atoms with Gasteiger partial charge in [0.15, 0.2) is 0 Å². The molecule has 0 bridgehead atoms. The van der Waals surface area contributed by atoms with Crippen molar-refractivity contribution in [3.8, 4) is 0 Å². The number of nitrogens with two attached hydrogens (primary N) is 1. The Morgan fingerprint density at radius 1 is 1.19 bits per heavy atom. The van der Waals surface area contributed by atoms with Crippen molar-refractivity contribution in [3.05, 3.63) is 24.0 Å². The van der Waals surface area contributed by atoms with Gasteiger partial charge in [-0.25, -0.2) is 17.5 Å². The first kappa shape index (κ1) is 24.8. The van der Waals surface area contributed by atoms with E-state index in [1.54, 1.807) is 20.8 Å². The molecule has 0 heterocycles. The molecule has 0 aliphatic heterocycles. The number of carbonyl (C=O) groups excluding carboxylic acids is 1. The number of hydrogen-bond acceptors (Lipinski definition) is 4. The Labute approximate surface area is 161 Å². The fraction of sp³-hybridized carbons (Fsp3) is 0.588. The van der Waals surface area contributed by atoms with Crippen molar-refractivity contribution >= 4 is 34.0 Å². The molecule has 1 rings (SSSR count). The van der Waals surface area contributed by atoms with Crippen molar-refractivity contribution in [2.24, 2.45) is 11.1 Å². The predicted octanol–water partition coefficient (Wildman–Crippen LogP) is 3.03. The van der Waals surface area contributed by atoms with Crippen LogP contribution in [-0.2, 0) is 14.8 Å². The minimum Gasteiger partial charge on any atom is -0.329 e. The van der Waals surface area contributed by atoms with Crippen molar-refractivity contribution < 1.29 is 17.6 Å². The first-order chi connectivity index (χ1) is 11.4. The van der Waals surface area contributed by atoms with Crippen LogP contribution in [0.2, 0.25) is 0 Å². The molecule has 0 aliphatic rings. The van der Waals surface area contributed by atoms with Gasteiger partial charge < -0.3 is 11.1 Å². The van der Waals surface area contributed by atoms with Gasteiger partial charge in [0, 0.05) is 17.8 Å². The molecular formula is C17H29ClFN3O3S. The lowest BCUT2D eigenvalue weighted by Gasteiger charge is -2.28. The van der Waals surface area contributed by atoms with Crippen molar-refractivity contribution in [2.45, 2.75) is 57.9 Å². The third kappa shape index (κ3) is 5.90. The van der Waals surface area contributed by atoms with Gasteiger partial charge in [0.05, 0.1) is 5.41 Å². The maximum Gasteiger partial charge on any atom is 0.244 e. The Morgan fingerprint density at radius 2 is 1.73 bits per heavy atom. The normalized spacial score (nSPS) is 12.4. The minimum atomic E-state index is -4.06. The predicted molar refractivity (Wildman–Crippen MR) is 104 cm³/mol. The van der Waals surface area contributed by atoms with Crippen LogP contribution in [0.1, 0.15) is 47.5 Å². The monoisotopic (exact) mass is 409 g/mol. The van der Waals surface area contributed by atoms with E-state index < -0.39 is 31.7 Å². The molecule has 150 valence electrons. The van der Waals surface area contributed by atoms with Crippen LogP contribution in [0.4, 0.5) is 10.1 Å². The molecule has 0 unspecified atom stereocenters. The fourth-order valence-corrected chi connectivity index (χ4v) is 3.98. The number of hydrogen-bond donors (Lipinski definition) is 3. The van der Waals surface area contributed by atoms with Crippen molar-refractivity contribution in [1.82, 2.24) is 4.72 Å². The van der Waals surface area contributed by atoms with E-state index in [-0.39, 0.29) is 30.5 Å². The molecule has 0 saturated heterocycles. The summed E-state index contributed by atoms with van der Waals surface area (Å²) in [4.78, 5) is 12.0. The molecule has 0 aromatic heterocycles. The molecule has 1 amide bonds. The van der Waals surface area contributed by atoms with E-state index in [0.717, 1.165) is 12.1 Å². The Hall–Kier alpha value is -1.22. The maximum absolute atomic E-state index is 14.1. The molecule has 0 fully saturated rings. The first-order valence-corrected chi connectivity index (χ1v) is 9.74. The number of nitrogens with one attached hydrogen (secondary N) is 2. The molecule has 26 heavy (non-hydrogen) atoms. The lowest BCUT2D eigenvalue weighted by atomic mass is 9.81. The second-order valence-corrected chi connectivity index (χ2v) is 8.80. The van der Waals surface area contributed by atoms with Gasteiger partial charge in [0.2, 0.25) is 15.9 Å². The number of rotatable bonds is 7. The van der Waals surface area contributed by atoms with E-state index in [1.807, 2.05) is 13.8 Å². The van der Waals surface area contributed by atoms with Gasteiger partial charge in [-0.3, -0.25) is 4.79 Å². The van der Waals surface area contributed by atoms with E-state index in [2.05, 4.69) is 10.0 Å². The van der Waals surface area contributed by atoms with Crippen LogP contribution in [0.3, 0.4) is 0 Å². The van der Waals surface area contributed by atoms with Crippen LogP contribution in [-0.4, -0.2) is 26.4 Å². The molecule has 0 spiro atoms. The van der Waals surface area contributed by atoms with Crippen molar-refractivity contribution in [2.75, 3.05) is 11.9 Å². The van der Waals surface area contributed by atoms with E-state index in [9.17, 15) is 17.6 Å². The SMILES string of the molecule is CCC(CC)(CN)C(=O)Nc1ccc(F)c(S(=O)(=O)NC(C)(C)C)c1.Cl. The quantitative estimate of drug-likeness (QED) is 0.644. The highest BCUT2D eigenvalue weighted by Gasteiger charge is 2.33. The summed E-state index contributed by atoms with van der Waals surface area (Å²) >= 11 is 0. The van der Waals surface area contributed by atoms with Crippen LogP contribution in [0.25, 0.3) is 0 Å². The smallest absolute Gasteiger partial charge is 0.244 e. The second kappa shape index (κ2) is 9.12. The van der Waals surface area contributed by atoms with Crippen molar-refractivity contribution in [1.29, 1.82) is 0 Å². The van der Waals surface area contributed by atoms with Gasteiger partial charge in [-0.1, -0.05) is 13.8 Å². The number of benzene rings is 1. The highest BCUT2D eigenvalue weighted by molar-refractivity contribution is 7.89. The third-order valence-corrected chi connectivity index (χ3v) is 5.92. The van der Waals surface area contributed by atoms with Crippen LogP contribution in [0.15, 0.2) is 23.1 Å². The number of halogens is 2. The molecule has 6 nitrogen and oxygen atoms in total. The summed E-state index contributed by atoms with van der Waals surface area (Å²) in [7, 11) is -4.06. The number of carbonyl (C=O) groups is 1. The molecule has 0 saturated carbocycles. The van der Waals surface area contributed by atoms with Gasteiger partial charge in [0.25, 0.3) is 0 Å². The minimum absolute atomic E-state index is 0. The summed E-state index contributed by atoms with van der Waals surface area (Å²) in [5, 5.41) is 2.66. The zero-order valence-electron chi connectivity index (χ0n) is 15.8. The standard InChI is InChI=1S/C17H28FN3O3S.ClH/c1-6-17(7-2,11-19)15(22)20-12-8-9-13(18)14(10-12)25(23,24)21-16(3,4)5;/h8-10,21H,6-7,11,19H2,1-5H3,(H,20,22);1H. The number of amides is 1. The summed E-state index contributed by atoms with van der Waals surface area (Å²) in [6.07, 6.45) is 1.09. The summed E-state index contributed by atoms with van der Waals surface area (Å²) in [6, 6.07) is 3.47. The zero-order chi connectivity index (χ0) is 19.5. The Morgan fingerprint density at radius 3 is 2.15 bits per heavy atom. The van der Waals surface area contributed by atoms with Gasteiger partial charge in [0.1, 0.15) is 10.7 Å². The highest BCUT2D eigenvalue weighted by atomic mass is 35.5. The van der Waals surface area contributed by atoms with E-state index in [1.165, 1.54) is 6.07 Å². The number of sulfonamides is 1. The first-order valence-electron chi connectivity index (χ1n) is 8.26. The van der Waals surface area contributed by atoms with E-state index in [4.69, 9.17) is 5.73 Å². The third-order valence-electron chi connectivity index (χ3n) is 4.15. The van der Waals surface area contributed by atoms with E-state index in [0.29, 0.717) is 12.8 Å². The van der Waals surface area contributed by atoms with Crippen LogP contribution in [0, 0.1) is 11.2 Å².